The number of rotatable bonds is 8. The number of carboxylic acid groups (broad SMARTS) is 1. The number of carbonyl (C=O) groups excluding carboxylic acids is 1. The molecule has 7 heteroatoms. The third kappa shape index (κ3) is 4.86. The van der Waals surface area contributed by atoms with E-state index in [1.54, 1.807) is 17.8 Å². The van der Waals surface area contributed by atoms with Crippen molar-refractivity contribution in [1.29, 1.82) is 0 Å². The number of carboxylic acids is 1. The van der Waals surface area contributed by atoms with Crippen LogP contribution in [0.4, 0.5) is 0 Å². The fourth-order valence-corrected chi connectivity index (χ4v) is 2.75. The van der Waals surface area contributed by atoms with E-state index in [9.17, 15) is 9.59 Å². The maximum absolute atomic E-state index is 12.2. The van der Waals surface area contributed by atoms with Crippen LogP contribution >= 0.6 is 27.7 Å². The van der Waals surface area contributed by atoms with Gasteiger partial charge in [-0.1, -0.05) is 6.92 Å². The lowest BCUT2D eigenvalue weighted by molar-refractivity contribution is -0.139. The Kier molecular flexibility index (Phi) is 7.15. The maximum atomic E-state index is 12.2. The predicted molar refractivity (Wildman–Crippen MR) is 84.3 cm³/mol. The molecule has 1 amide bonds. The Bertz CT molecular complexity index is 476. The van der Waals surface area contributed by atoms with Gasteiger partial charge < -0.3 is 15.0 Å². The van der Waals surface area contributed by atoms with E-state index in [1.165, 1.54) is 0 Å². The van der Waals surface area contributed by atoms with Gasteiger partial charge in [0.15, 0.2) is 0 Å². The number of aliphatic carboxylic acids is 1. The zero-order chi connectivity index (χ0) is 15.1. The molecule has 5 nitrogen and oxygen atoms in total. The number of nitrogens with zero attached hydrogens (tertiary/aromatic N) is 1. The van der Waals surface area contributed by atoms with E-state index in [1.807, 2.05) is 23.9 Å². The molecule has 0 aliphatic carbocycles. The molecule has 0 saturated heterocycles. The Morgan fingerprint density at radius 2 is 2.25 bits per heavy atom. The number of hydrogen-bond donors (Lipinski definition) is 2. The van der Waals surface area contributed by atoms with Crippen molar-refractivity contribution in [3.8, 4) is 0 Å². The van der Waals surface area contributed by atoms with Crippen LogP contribution in [0.15, 0.2) is 16.7 Å². The average molecular weight is 363 g/mol. The molecule has 20 heavy (non-hydrogen) atoms. The number of thioether (sulfide) groups is 1. The summed E-state index contributed by atoms with van der Waals surface area (Å²) in [5.41, 5.74) is 0.481. The lowest BCUT2D eigenvalue weighted by Crippen LogP contribution is -2.41. The summed E-state index contributed by atoms with van der Waals surface area (Å²) in [5, 5.41) is 11.7. The van der Waals surface area contributed by atoms with Crippen LogP contribution in [0.2, 0.25) is 0 Å². The van der Waals surface area contributed by atoms with Gasteiger partial charge in [-0.3, -0.25) is 4.79 Å². The van der Waals surface area contributed by atoms with Crippen molar-refractivity contribution in [2.75, 3.05) is 12.0 Å². The minimum atomic E-state index is -1.000. The number of hydrogen-bond acceptors (Lipinski definition) is 3. The molecule has 0 fully saturated rings. The first-order valence-corrected chi connectivity index (χ1v) is 8.56. The highest BCUT2D eigenvalue weighted by Gasteiger charge is 2.22. The molecule has 0 saturated carbocycles. The topological polar surface area (TPSA) is 71.3 Å². The molecule has 1 heterocycles. The zero-order valence-electron chi connectivity index (χ0n) is 11.6. The molecule has 1 atom stereocenters. The smallest absolute Gasteiger partial charge is 0.326 e. The minimum absolute atomic E-state index is 0.349. The average Bonchev–Trinajstić information content (AvgIpc) is 2.75. The van der Waals surface area contributed by atoms with Crippen LogP contribution in [0.1, 0.15) is 30.3 Å². The normalized spacial score (nSPS) is 12.2. The van der Waals surface area contributed by atoms with Gasteiger partial charge in [-0.25, -0.2) is 4.79 Å². The summed E-state index contributed by atoms with van der Waals surface area (Å²) in [6.07, 6.45) is 5.05. The molecule has 112 valence electrons. The number of aryl methyl sites for hydroxylation is 1. The largest absolute Gasteiger partial charge is 0.480 e. The van der Waals surface area contributed by atoms with Gasteiger partial charge in [0.25, 0.3) is 5.91 Å². The first-order valence-electron chi connectivity index (χ1n) is 6.37. The third-order valence-corrected chi connectivity index (χ3v) is 3.85. The predicted octanol–water partition coefficient (Wildman–Crippen LogP) is 2.60. The van der Waals surface area contributed by atoms with Crippen LogP contribution in [-0.2, 0) is 11.3 Å². The van der Waals surface area contributed by atoms with E-state index < -0.39 is 12.0 Å². The monoisotopic (exact) mass is 362 g/mol. The summed E-state index contributed by atoms with van der Waals surface area (Å²) in [6, 6.07) is 0.858. The van der Waals surface area contributed by atoms with Crippen LogP contribution < -0.4 is 5.32 Å². The second-order valence-corrected chi connectivity index (χ2v) is 6.28. The second-order valence-electron chi connectivity index (χ2n) is 4.38. The van der Waals surface area contributed by atoms with Crippen molar-refractivity contribution in [1.82, 2.24) is 9.88 Å². The molecule has 1 aromatic rings. The van der Waals surface area contributed by atoms with Crippen molar-refractivity contribution >= 4 is 39.6 Å². The van der Waals surface area contributed by atoms with Gasteiger partial charge >= 0.3 is 5.97 Å². The van der Waals surface area contributed by atoms with Crippen molar-refractivity contribution < 1.29 is 14.7 Å². The molecule has 0 aliphatic heterocycles. The number of halogens is 1. The summed E-state index contributed by atoms with van der Waals surface area (Å²) in [5.74, 6) is -0.658. The Balaban J connectivity index is 2.80. The van der Waals surface area contributed by atoms with Crippen LogP contribution in [-0.4, -0.2) is 39.6 Å². The van der Waals surface area contributed by atoms with Gasteiger partial charge in [0, 0.05) is 17.2 Å². The van der Waals surface area contributed by atoms with Gasteiger partial charge in [-0.05, 0) is 46.8 Å². The van der Waals surface area contributed by atoms with E-state index in [4.69, 9.17) is 5.11 Å². The number of aromatic nitrogens is 1. The molecule has 1 aromatic heterocycles. The van der Waals surface area contributed by atoms with Gasteiger partial charge in [-0.2, -0.15) is 11.8 Å². The Labute approximate surface area is 131 Å². The summed E-state index contributed by atoms with van der Waals surface area (Å²) >= 11 is 4.90. The second kappa shape index (κ2) is 8.36. The lowest BCUT2D eigenvalue weighted by Gasteiger charge is -2.15. The molecule has 0 bridgehead atoms. The Morgan fingerprint density at radius 3 is 2.80 bits per heavy atom. The van der Waals surface area contributed by atoms with Crippen molar-refractivity contribution in [3.05, 3.63) is 22.4 Å². The highest BCUT2D eigenvalue weighted by atomic mass is 79.9. The Morgan fingerprint density at radius 1 is 1.55 bits per heavy atom. The van der Waals surface area contributed by atoms with Crippen molar-refractivity contribution in [2.45, 2.75) is 32.4 Å². The van der Waals surface area contributed by atoms with E-state index in [2.05, 4.69) is 21.2 Å². The standard InChI is InChI=1S/C13H19BrN2O3S/c1-3-5-16-8-9(14)7-11(16)12(17)15-10(13(18)19)4-6-20-2/h7-8,10H,3-6H2,1-2H3,(H,15,17)(H,18,19). The molecular weight excluding hydrogens is 344 g/mol. The van der Waals surface area contributed by atoms with Gasteiger partial charge in [0.1, 0.15) is 11.7 Å². The van der Waals surface area contributed by atoms with Crippen LogP contribution in [0.3, 0.4) is 0 Å². The molecule has 0 aromatic carbocycles. The van der Waals surface area contributed by atoms with E-state index in [0.717, 1.165) is 17.4 Å². The molecule has 0 aliphatic rings. The van der Waals surface area contributed by atoms with E-state index in [-0.39, 0.29) is 5.91 Å². The number of carbonyl (C=O) groups is 2. The zero-order valence-corrected chi connectivity index (χ0v) is 14.0. The third-order valence-electron chi connectivity index (χ3n) is 2.77. The fraction of sp³-hybridized carbons (Fsp3) is 0.538. The van der Waals surface area contributed by atoms with Gasteiger partial charge in [0.05, 0.1) is 0 Å². The van der Waals surface area contributed by atoms with Crippen LogP contribution in [0.5, 0.6) is 0 Å². The summed E-state index contributed by atoms with van der Waals surface area (Å²) < 4.78 is 2.64. The van der Waals surface area contributed by atoms with Gasteiger partial charge in [-0.15, -0.1) is 0 Å². The quantitative estimate of drug-likeness (QED) is 0.745. The minimum Gasteiger partial charge on any atom is -0.480 e. The van der Waals surface area contributed by atoms with Crippen LogP contribution in [0, 0.1) is 0 Å². The first kappa shape index (κ1) is 17.1. The summed E-state index contributed by atoms with van der Waals surface area (Å²) in [6.45, 7) is 2.74. The molecular formula is C13H19BrN2O3S. The number of nitrogens with one attached hydrogen (secondary N) is 1. The number of amides is 1. The van der Waals surface area contributed by atoms with E-state index in [0.29, 0.717) is 17.9 Å². The molecule has 1 unspecified atom stereocenters. The van der Waals surface area contributed by atoms with E-state index >= 15 is 0 Å². The first-order chi connectivity index (χ1) is 9.49. The SMILES string of the molecule is CCCn1cc(Br)cc1C(=O)NC(CCSC)C(=O)O. The molecule has 2 N–H and O–H groups in total. The highest BCUT2D eigenvalue weighted by molar-refractivity contribution is 9.10. The van der Waals surface area contributed by atoms with Gasteiger partial charge in [0.2, 0.25) is 0 Å². The summed E-state index contributed by atoms with van der Waals surface area (Å²) in [4.78, 5) is 23.4. The van der Waals surface area contributed by atoms with Crippen LogP contribution in [0.25, 0.3) is 0 Å². The Hall–Kier alpha value is -0.950. The molecule has 0 spiro atoms. The van der Waals surface area contributed by atoms with Crippen molar-refractivity contribution in [2.24, 2.45) is 0 Å². The molecule has 0 radical (unpaired) electrons. The van der Waals surface area contributed by atoms with Crippen molar-refractivity contribution in [3.63, 3.8) is 0 Å². The highest BCUT2D eigenvalue weighted by Crippen LogP contribution is 2.16. The maximum Gasteiger partial charge on any atom is 0.326 e. The molecule has 1 rings (SSSR count). The fourth-order valence-electron chi connectivity index (χ4n) is 1.82. The summed E-state index contributed by atoms with van der Waals surface area (Å²) in [7, 11) is 0. The lowest BCUT2D eigenvalue weighted by atomic mass is 10.2.